The molecule has 0 radical (unpaired) electrons. The molecule has 1 aliphatic heterocycles. The van der Waals surface area contributed by atoms with E-state index in [1.54, 1.807) is 25.4 Å². The Labute approximate surface area is 223 Å². The Morgan fingerprint density at radius 2 is 2.16 bits per heavy atom. The maximum absolute atomic E-state index is 12.9. The SMILES string of the molecule is COc1ccc([C@H](O)CNc2cc[nH]c(=O)c2-c2nc3c(C)cc(N4CCO[C@@H](C)C4)cc3[nH]2)cc1Br. The number of nitrogens with one attached hydrogen (secondary N) is 3. The third-order valence-electron chi connectivity index (χ3n) is 6.61. The highest BCUT2D eigenvalue weighted by Gasteiger charge is 2.20. The number of imidazole rings is 1. The average molecular weight is 568 g/mol. The van der Waals surface area contributed by atoms with Crippen molar-refractivity contribution in [2.75, 3.05) is 43.6 Å². The van der Waals surface area contributed by atoms with Crippen LogP contribution in [0.5, 0.6) is 5.75 Å². The molecule has 194 valence electrons. The second-order valence-corrected chi connectivity index (χ2v) is 10.1. The fourth-order valence-corrected chi connectivity index (χ4v) is 5.26. The van der Waals surface area contributed by atoms with Gasteiger partial charge in [0.15, 0.2) is 0 Å². The predicted octanol–water partition coefficient (Wildman–Crippen LogP) is 4.37. The van der Waals surface area contributed by atoms with E-state index in [9.17, 15) is 9.90 Å². The number of nitrogens with zero attached hydrogens (tertiary/aromatic N) is 2. The normalized spacial score (nSPS) is 16.7. The van der Waals surface area contributed by atoms with Crippen LogP contribution in [0.3, 0.4) is 0 Å². The summed E-state index contributed by atoms with van der Waals surface area (Å²) in [5, 5.41) is 14.0. The zero-order chi connectivity index (χ0) is 26.1. The van der Waals surface area contributed by atoms with Gasteiger partial charge in [0.1, 0.15) is 17.1 Å². The minimum Gasteiger partial charge on any atom is -0.496 e. The lowest BCUT2D eigenvalue weighted by molar-refractivity contribution is 0.0532. The summed E-state index contributed by atoms with van der Waals surface area (Å²) in [4.78, 5) is 26.1. The van der Waals surface area contributed by atoms with Crippen molar-refractivity contribution < 1.29 is 14.6 Å². The highest BCUT2D eigenvalue weighted by Crippen LogP contribution is 2.31. The minimum atomic E-state index is -0.800. The van der Waals surface area contributed by atoms with Gasteiger partial charge in [0.05, 0.1) is 47.1 Å². The number of aliphatic hydroxyl groups is 1. The van der Waals surface area contributed by atoms with Crippen LogP contribution in [-0.2, 0) is 4.74 Å². The molecule has 0 bridgehead atoms. The number of fused-ring (bicyclic) bond motifs is 1. The van der Waals surface area contributed by atoms with E-state index in [2.05, 4.69) is 55.2 Å². The number of halogens is 1. The molecular weight excluding hydrogens is 538 g/mol. The molecule has 1 fully saturated rings. The van der Waals surface area contributed by atoms with E-state index in [4.69, 9.17) is 14.5 Å². The Bertz CT molecular complexity index is 1480. The Balaban J connectivity index is 1.43. The molecule has 0 amide bonds. The summed E-state index contributed by atoms with van der Waals surface area (Å²) in [6.07, 6.45) is 0.953. The molecule has 2 aromatic carbocycles. The summed E-state index contributed by atoms with van der Waals surface area (Å²) < 4.78 is 11.7. The Morgan fingerprint density at radius 1 is 1.32 bits per heavy atom. The number of anilines is 2. The molecule has 4 aromatic rings. The van der Waals surface area contributed by atoms with Crippen LogP contribution < -0.4 is 20.5 Å². The zero-order valence-corrected chi connectivity index (χ0v) is 22.6. The maximum Gasteiger partial charge on any atom is 0.261 e. The highest BCUT2D eigenvalue weighted by atomic mass is 79.9. The molecule has 37 heavy (non-hydrogen) atoms. The van der Waals surface area contributed by atoms with Gasteiger partial charge in [-0.2, -0.15) is 0 Å². The monoisotopic (exact) mass is 567 g/mol. The molecule has 0 unspecified atom stereocenters. The van der Waals surface area contributed by atoms with Gasteiger partial charge in [0.25, 0.3) is 5.56 Å². The lowest BCUT2D eigenvalue weighted by Crippen LogP contribution is -2.41. The van der Waals surface area contributed by atoms with Crippen LogP contribution in [0.2, 0.25) is 0 Å². The van der Waals surface area contributed by atoms with Crippen LogP contribution in [0.25, 0.3) is 22.4 Å². The standard InChI is InChI=1S/C27H30BrN5O4/c1-15-10-18(33-8-9-37-16(2)14-33)12-21-25(15)32-26(31-21)24-20(6-7-29-27(24)35)30-13-22(34)17-4-5-23(36-3)19(28)11-17/h4-7,10-12,16,22,34H,8-9,13-14H2,1-3H3,(H,31,32)(H2,29,30,35)/t16-,22+/m0/s1. The second kappa shape index (κ2) is 10.6. The van der Waals surface area contributed by atoms with Crippen LogP contribution in [0, 0.1) is 6.92 Å². The van der Waals surface area contributed by atoms with Gasteiger partial charge in [-0.05, 0) is 71.2 Å². The maximum atomic E-state index is 12.9. The fraction of sp³-hybridized carbons (Fsp3) is 0.333. The predicted molar refractivity (Wildman–Crippen MR) is 149 cm³/mol. The van der Waals surface area contributed by atoms with Gasteiger partial charge >= 0.3 is 0 Å². The molecule has 1 aliphatic rings. The zero-order valence-electron chi connectivity index (χ0n) is 21.0. The van der Waals surface area contributed by atoms with Crippen molar-refractivity contribution in [3.05, 3.63) is 68.5 Å². The summed E-state index contributed by atoms with van der Waals surface area (Å²) in [5.74, 6) is 1.16. The van der Waals surface area contributed by atoms with Crippen molar-refractivity contribution in [1.29, 1.82) is 0 Å². The number of rotatable bonds is 7. The van der Waals surface area contributed by atoms with Crippen LogP contribution >= 0.6 is 15.9 Å². The number of methoxy groups -OCH3 is 1. The Hall–Kier alpha value is -3.34. The van der Waals surface area contributed by atoms with E-state index in [0.717, 1.165) is 45.4 Å². The van der Waals surface area contributed by atoms with Gasteiger partial charge in [0.2, 0.25) is 0 Å². The number of aliphatic hydroxyl groups excluding tert-OH is 1. The third-order valence-corrected chi connectivity index (χ3v) is 7.23. The Morgan fingerprint density at radius 3 is 2.92 bits per heavy atom. The molecule has 9 nitrogen and oxygen atoms in total. The summed E-state index contributed by atoms with van der Waals surface area (Å²) in [7, 11) is 1.59. The number of pyridine rings is 1. The van der Waals surface area contributed by atoms with Crippen molar-refractivity contribution in [2.45, 2.75) is 26.1 Å². The molecule has 0 aliphatic carbocycles. The first-order chi connectivity index (χ1) is 17.8. The van der Waals surface area contributed by atoms with Crippen LogP contribution in [0.4, 0.5) is 11.4 Å². The first kappa shape index (κ1) is 25.3. The molecule has 4 N–H and O–H groups in total. The number of benzene rings is 2. The Kier molecular flexibility index (Phi) is 7.23. The molecule has 3 heterocycles. The number of hydrogen-bond donors (Lipinski definition) is 4. The lowest BCUT2D eigenvalue weighted by Gasteiger charge is -2.33. The average Bonchev–Trinajstić information content (AvgIpc) is 3.31. The van der Waals surface area contributed by atoms with E-state index in [1.807, 2.05) is 19.1 Å². The quantitative estimate of drug-likeness (QED) is 0.262. The van der Waals surface area contributed by atoms with E-state index < -0.39 is 6.10 Å². The molecule has 10 heteroatoms. The van der Waals surface area contributed by atoms with Gasteiger partial charge in [-0.3, -0.25) is 4.79 Å². The third kappa shape index (κ3) is 5.22. The van der Waals surface area contributed by atoms with Crippen molar-refractivity contribution in [3.8, 4) is 17.1 Å². The number of aromatic amines is 2. The van der Waals surface area contributed by atoms with E-state index in [-0.39, 0.29) is 18.2 Å². The summed E-state index contributed by atoms with van der Waals surface area (Å²) in [5.41, 5.74) is 5.22. The second-order valence-electron chi connectivity index (χ2n) is 9.26. The largest absolute Gasteiger partial charge is 0.496 e. The van der Waals surface area contributed by atoms with E-state index >= 15 is 0 Å². The van der Waals surface area contributed by atoms with E-state index in [1.165, 1.54) is 0 Å². The van der Waals surface area contributed by atoms with Crippen molar-refractivity contribution in [2.24, 2.45) is 0 Å². The van der Waals surface area contributed by atoms with Crippen molar-refractivity contribution in [1.82, 2.24) is 15.0 Å². The highest BCUT2D eigenvalue weighted by molar-refractivity contribution is 9.10. The van der Waals surface area contributed by atoms with Crippen LogP contribution in [-0.4, -0.2) is 59.5 Å². The van der Waals surface area contributed by atoms with Gasteiger partial charge < -0.3 is 34.8 Å². The van der Waals surface area contributed by atoms with Crippen molar-refractivity contribution in [3.63, 3.8) is 0 Å². The van der Waals surface area contributed by atoms with Crippen LogP contribution in [0.15, 0.2) is 51.9 Å². The van der Waals surface area contributed by atoms with Gasteiger partial charge in [-0.15, -0.1) is 0 Å². The fourth-order valence-electron chi connectivity index (χ4n) is 4.70. The molecule has 1 saturated heterocycles. The van der Waals surface area contributed by atoms with Crippen LogP contribution in [0.1, 0.15) is 24.2 Å². The molecule has 0 spiro atoms. The van der Waals surface area contributed by atoms with Gasteiger partial charge in [-0.25, -0.2) is 4.98 Å². The number of H-pyrrole nitrogens is 2. The summed E-state index contributed by atoms with van der Waals surface area (Å²) in [6, 6.07) is 11.4. The lowest BCUT2D eigenvalue weighted by atomic mass is 10.1. The molecular formula is C27H30BrN5O4. The van der Waals surface area contributed by atoms with Crippen molar-refractivity contribution >= 4 is 38.3 Å². The number of hydrogen-bond acceptors (Lipinski definition) is 7. The number of aryl methyl sites for hydroxylation is 1. The number of ether oxygens (including phenoxy) is 2. The number of morpholine rings is 1. The van der Waals surface area contributed by atoms with Gasteiger partial charge in [0, 0.05) is 31.5 Å². The van der Waals surface area contributed by atoms with Gasteiger partial charge in [-0.1, -0.05) is 6.07 Å². The summed E-state index contributed by atoms with van der Waals surface area (Å²) in [6.45, 7) is 6.65. The first-order valence-corrected chi connectivity index (χ1v) is 13.0. The van der Waals surface area contributed by atoms with E-state index in [0.29, 0.717) is 29.4 Å². The molecule has 0 saturated carbocycles. The molecule has 5 rings (SSSR count). The topological polar surface area (TPSA) is 116 Å². The minimum absolute atomic E-state index is 0.174. The summed E-state index contributed by atoms with van der Waals surface area (Å²) >= 11 is 3.46. The first-order valence-electron chi connectivity index (χ1n) is 12.2. The molecule has 2 atom stereocenters. The molecule has 2 aromatic heterocycles. The smallest absolute Gasteiger partial charge is 0.261 e. The number of aromatic nitrogens is 3.